The van der Waals surface area contributed by atoms with E-state index in [9.17, 15) is 4.79 Å². The van der Waals surface area contributed by atoms with Crippen LogP contribution in [0, 0.1) is 6.92 Å². The lowest BCUT2D eigenvalue weighted by molar-refractivity contribution is 0.0943. The Kier molecular flexibility index (Phi) is 7.36. The summed E-state index contributed by atoms with van der Waals surface area (Å²) >= 11 is 0. The highest BCUT2D eigenvalue weighted by molar-refractivity contribution is 6.07. The standard InChI is InChI=1S/C30H35N3O3/c1-20(2)31-29(34)28-21(3)35-27-17-16-25(18-26(27)28)36-32-33(24-10-8-7-9-11-24)19-22-12-14-23(15-13-22)30(4,5)6/h7-18,20,32H,19H2,1-6H3,(H,31,34). The summed E-state index contributed by atoms with van der Waals surface area (Å²) in [5.74, 6) is 1.000. The number of hydrogen-bond acceptors (Lipinski definition) is 5. The van der Waals surface area contributed by atoms with Gasteiger partial charge in [-0.05, 0) is 67.6 Å². The van der Waals surface area contributed by atoms with Crippen LogP contribution in [-0.2, 0) is 12.0 Å². The van der Waals surface area contributed by atoms with Crippen LogP contribution >= 0.6 is 0 Å². The van der Waals surface area contributed by atoms with E-state index in [0.29, 0.717) is 34.6 Å². The van der Waals surface area contributed by atoms with Gasteiger partial charge in [0.2, 0.25) is 0 Å². The molecule has 1 heterocycles. The van der Waals surface area contributed by atoms with Crippen molar-refractivity contribution in [3.63, 3.8) is 0 Å². The Morgan fingerprint density at radius 1 is 1.00 bits per heavy atom. The van der Waals surface area contributed by atoms with Crippen LogP contribution in [0.3, 0.4) is 0 Å². The lowest BCUT2D eigenvalue weighted by Gasteiger charge is -2.26. The Hall–Kier alpha value is -3.77. The maximum absolute atomic E-state index is 12.8. The number of para-hydroxylation sites is 1. The van der Waals surface area contributed by atoms with E-state index >= 15 is 0 Å². The Morgan fingerprint density at radius 3 is 2.33 bits per heavy atom. The molecule has 6 nitrogen and oxygen atoms in total. The zero-order valence-corrected chi connectivity index (χ0v) is 21.9. The van der Waals surface area contributed by atoms with Gasteiger partial charge in [-0.2, -0.15) is 0 Å². The number of fused-ring (bicyclic) bond motifs is 1. The normalized spacial score (nSPS) is 11.6. The first-order chi connectivity index (χ1) is 17.1. The molecule has 4 rings (SSSR count). The van der Waals surface area contributed by atoms with E-state index in [1.165, 1.54) is 5.56 Å². The van der Waals surface area contributed by atoms with E-state index in [0.717, 1.165) is 11.3 Å². The van der Waals surface area contributed by atoms with E-state index < -0.39 is 0 Å². The fraction of sp³-hybridized carbons (Fsp3) is 0.300. The van der Waals surface area contributed by atoms with Crippen LogP contribution in [0.1, 0.15) is 61.9 Å². The summed E-state index contributed by atoms with van der Waals surface area (Å²) in [4.78, 5) is 18.8. The molecule has 1 aromatic heterocycles. The van der Waals surface area contributed by atoms with Crippen LogP contribution in [-0.4, -0.2) is 11.9 Å². The second-order valence-corrected chi connectivity index (χ2v) is 10.4. The quantitative estimate of drug-likeness (QED) is 0.273. The molecule has 0 aliphatic rings. The van der Waals surface area contributed by atoms with E-state index in [4.69, 9.17) is 9.25 Å². The van der Waals surface area contributed by atoms with Crippen molar-refractivity contribution >= 4 is 22.6 Å². The van der Waals surface area contributed by atoms with Crippen LogP contribution in [0.5, 0.6) is 5.75 Å². The summed E-state index contributed by atoms with van der Waals surface area (Å²) in [6.07, 6.45) is 0. The summed E-state index contributed by atoms with van der Waals surface area (Å²) in [5, 5.41) is 5.61. The third kappa shape index (κ3) is 5.89. The first-order valence-corrected chi connectivity index (χ1v) is 12.3. The van der Waals surface area contributed by atoms with Crippen molar-refractivity contribution in [2.45, 2.75) is 59.5 Å². The Balaban J connectivity index is 1.56. The molecule has 6 heteroatoms. The molecule has 188 valence electrons. The molecule has 36 heavy (non-hydrogen) atoms. The smallest absolute Gasteiger partial charge is 0.255 e. The number of nitrogens with zero attached hydrogens (tertiary/aromatic N) is 1. The third-order valence-electron chi connectivity index (χ3n) is 5.98. The number of furan rings is 1. The van der Waals surface area contributed by atoms with Crippen LogP contribution in [0.2, 0.25) is 0 Å². The highest BCUT2D eigenvalue weighted by atomic mass is 16.7. The summed E-state index contributed by atoms with van der Waals surface area (Å²) in [7, 11) is 0. The molecule has 0 saturated carbocycles. The highest BCUT2D eigenvalue weighted by Crippen LogP contribution is 2.29. The van der Waals surface area contributed by atoms with Gasteiger partial charge in [-0.3, -0.25) is 9.80 Å². The minimum absolute atomic E-state index is 0.0276. The van der Waals surface area contributed by atoms with Crippen LogP contribution in [0.25, 0.3) is 11.0 Å². The van der Waals surface area contributed by atoms with Crippen molar-refractivity contribution < 1.29 is 14.0 Å². The zero-order valence-electron chi connectivity index (χ0n) is 21.9. The Morgan fingerprint density at radius 2 is 1.69 bits per heavy atom. The number of carbonyl (C=O) groups is 1. The molecule has 2 N–H and O–H groups in total. The van der Waals surface area contributed by atoms with E-state index in [1.807, 2.05) is 67.4 Å². The molecule has 3 aromatic carbocycles. The second kappa shape index (κ2) is 10.5. The van der Waals surface area contributed by atoms with Crippen molar-refractivity contribution in [1.29, 1.82) is 0 Å². The number of benzene rings is 3. The molecular formula is C30H35N3O3. The molecule has 0 fully saturated rings. The lowest BCUT2D eigenvalue weighted by atomic mass is 9.87. The number of rotatable bonds is 8. The zero-order chi connectivity index (χ0) is 25.9. The van der Waals surface area contributed by atoms with E-state index in [1.54, 1.807) is 6.92 Å². The minimum atomic E-state index is -0.157. The van der Waals surface area contributed by atoms with Gasteiger partial charge < -0.3 is 14.6 Å². The van der Waals surface area contributed by atoms with Crippen LogP contribution in [0.15, 0.2) is 77.2 Å². The summed E-state index contributed by atoms with van der Waals surface area (Å²) in [5.41, 5.74) is 7.79. The number of aryl methyl sites for hydroxylation is 1. The van der Waals surface area contributed by atoms with E-state index in [-0.39, 0.29) is 17.4 Å². The molecule has 0 saturated heterocycles. The van der Waals surface area contributed by atoms with Gasteiger partial charge in [0.15, 0.2) is 0 Å². The maximum Gasteiger partial charge on any atom is 0.255 e. The molecule has 0 aliphatic carbocycles. The average molecular weight is 486 g/mol. The van der Waals surface area contributed by atoms with Crippen LogP contribution < -0.4 is 20.8 Å². The Bertz CT molecular complexity index is 1320. The minimum Gasteiger partial charge on any atom is -0.461 e. The number of amides is 1. The van der Waals surface area contributed by atoms with Crippen LogP contribution in [0.4, 0.5) is 5.69 Å². The molecule has 0 radical (unpaired) electrons. The van der Waals surface area contributed by atoms with Gasteiger partial charge in [0.1, 0.15) is 17.1 Å². The fourth-order valence-electron chi connectivity index (χ4n) is 4.06. The number of hydrazine groups is 1. The monoisotopic (exact) mass is 485 g/mol. The summed E-state index contributed by atoms with van der Waals surface area (Å²) in [6, 6.07) is 24.2. The fourth-order valence-corrected chi connectivity index (χ4v) is 4.06. The SMILES string of the molecule is Cc1oc2ccc(ONN(Cc3ccc(C(C)(C)C)cc3)c3ccccc3)cc2c1C(=O)NC(C)C. The lowest BCUT2D eigenvalue weighted by Crippen LogP contribution is -2.40. The number of hydrogen-bond donors (Lipinski definition) is 2. The van der Waals surface area contributed by atoms with E-state index in [2.05, 4.69) is 55.9 Å². The predicted octanol–water partition coefficient (Wildman–Crippen LogP) is 6.68. The average Bonchev–Trinajstić information content (AvgIpc) is 3.16. The molecule has 4 aromatic rings. The maximum atomic E-state index is 12.8. The first-order valence-electron chi connectivity index (χ1n) is 12.3. The molecule has 0 atom stereocenters. The van der Waals surface area contributed by atoms with Gasteiger partial charge in [-0.15, -0.1) is 0 Å². The number of carbonyl (C=O) groups excluding carboxylic acids is 1. The van der Waals surface area contributed by atoms with Crippen molar-refractivity contribution in [3.05, 3.63) is 95.2 Å². The van der Waals surface area contributed by atoms with Gasteiger partial charge in [-0.25, -0.2) is 0 Å². The van der Waals surface area contributed by atoms with Gasteiger partial charge >= 0.3 is 0 Å². The topological polar surface area (TPSA) is 66.7 Å². The molecule has 1 amide bonds. The summed E-state index contributed by atoms with van der Waals surface area (Å²) in [6.45, 7) is 12.9. The predicted molar refractivity (Wildman–Crippen MR) is 145 cm³/mol. The molecule has 0 unspecified atom stereocenters. The highest BCUT2D eigenvalue weighted by Gasteiger charge is 2.20. The van der Waals surface area contributed by atoms with Gasteiger partial charge in [0.05, 0.1) is 17.8 Å². The van der Waals surface area contributed by atoms with Gasteiger partial charge in [-0.1, -0.05) is 68.8 Å². The molecule has 0 bridgehead atoms. The van der Waals surface area contributed by atoms with Crippen molar-refractivity contribution in [3.8, 4) is 5.75 Å². The van der Waals surface area contributed by atoms with Crippen molar-refractivity contribution in [1.82, 2.24) is 10.9 Å². The van der Waals surface area contributed by atoms with Gasteiger partial charge in [0, 0.05) is 11.4 Å². The number of anilines is 1. The largest absolute Gasteiger partial charge is 0.461 e. The molecular weight excluding hydrogens is 450 g/mol. The third-order valence-corrected chi connectivity index (χ3v) is 5.98. The Labute approximate surface area is 213 Å². The van der Waals surface area contributed by atoms with Crippen molar-refractivity contribution in [2.24, 2.45) is 0 Å². The van der Waals surface area contributed by atoms with Crippen molar-refractivity contribution in [2.75, 3.05) is 5.01 Å². The van der Waals surface area contributed by atoms with Gasteiger partial charge in [0.25, 0.3) is 5.91 Å². The number of nitrogens with one attached hydrogen (secondary N) is 2. The second-order valence-electron chi connectivity index (χ2n) is 10.4. The molecule has 0 spiro atoms. The summed E-state index contributed by atoms with van der Waals surface area (Å²) < 4.78 is 5.82. The molecule has 0 aliphatic heterocycles. The first kappa shape index (κ1) is 25.3.